The Morgan fingerprint density at radius 1 is 1.25 bits per heavy atom. The predicted octanol–water partition coefficient (Wildman–Crippen LogP) is 2.67. The molecule has 90 valence electrons. The molecular weight excluding hydrogens is 229 g/mol. The lowest BCUT2D eigenvalue weighted by molar-refractivity contribution is 0.0580. The third-order valence-corrected chi connectivity index (χ3v) is 3.04. The van der Waals surface area contributed by atoms with E-state index in [4.69, 9.17) is 10.5 Å². The summed E-state index contributed by atoms with van der Waals surface area (Å²) in [5.74, 6) is 0.146. The van der Waals surface area contributed by atoms with Crippen LogP contribution in [0.15, 0.2) is 24.3 Å². The van der Waals surface area contributed by atoms with Crippen LogP contribution in [0.5, 0.6) is 0 Å². The van der Waals surface area contributed by atoms with Crippen molar-refractivity contribution in [2.24, 2.45) is 11.7 Å². The highest BCUT2D eigenvalue weighted by molar-refractivity contribution is 5.85. The molecule has 4 heteroatoms. The molecule has 0 radical (unpaired) electrons. The summed E-state index contributed by atoms with van der Waals surface area (Å²) in [6, 6.07) is 6.56. The standard InChI is InChI=1S/C12H16FNO.ClH/c13-11-4-2-1-3-10(11)12(14)9-5-7-15-8-6-9;/h1-4,9,12H,5-8,14H2;1H/t12-;/m0./s1. The summed E-state index contributed by atoms with van der Waals surface area (Å²) in [6.07, 6.45) is 1.85. The van der Waals surface area contributed by atoms with Gasteiger partial charge in [-0.2, -0.15) is 0 Å². The molecule has 1 atom stereocenters. The Morgan fingerprint density at radius 3 is 2.50 bits per heavy atom. The van der Waals surface area contributed by atoms with Crippen molar-refractivity contribution in [3.8, 4) is 0 Å². The molecule has 1 fully saturated rings. The van der Waals surface area contributed by atoms with Gasteiger partial charge in [0.05, 0.1) is 0 Å². The van der Waals surface area contributed by atoms with Crippen LogP contribution in [0.2, 0.25) is 0 Å². The number of hydrogen-bond acceptors (Lipinski definition) is 2. The van der Waals surface area contributed by atoms with Gasteiger partial charge in [-0.15, -0.1) is 12.4 Å². The largest absolute Gasteiger partial charge is 0.381 e. The fraction of sp³-hybridized carbons (Fsp3) is 0.500. The highest BCUT2D eigenvalue weighted by Crippen LogP contribution is 2.29. The van der Waals surface area contributed by atoms with Gasteiger partial charge in [-0.1, -0.05) is 18.2 Å². The van der Waals surface area contributed by atoms with Crippen molar-refractivity contribution in [2.45, 2.75) is 18.9 Å². The molecule has 0 saturated carbocycles. The molecule has 2 N–H and O–H groups in total. The van der Waals surface area contributed by atoms with E-state index < -0.39 is 0 Å². The molecule has 0 aromatic heterocycles. The van der Waals surface area contributed by atoms with Crippen LogP contribution >= 0.6 is 12.4 Å². The van der Waals surface area contributed by atoms with Crippen LogP contribution in [0.4, 0.5) is 4.39 Å². The molecule has 0 spiro atoms. The number of benzene rings is 1. The normalized spacial score (nSPS) is 18.9. The van der Waals surface area contributed by atoms with E-state index in [1.165, 1.54) is 6.07 Å². The van der Waals surface area contributed by atoms with Gasteiger partial charge in [-0.05, 0) is 24.8 Å². The van der Waals surface area contributed by atoms with Crippen LogP contribution in [0.25, 0.3) is 0 Å². The first-order valence-corrected chi connectivity index (χ1v) is 5.37. The lowest BCUT2D eigenvalue weighted by atomic mass is 9.87. The van der Waals surface area contributed by atoms with Crippen molar-refractivity contribution in [2.75, 3.05) is 13.2 Å². The second-order valence-corrected chi connectivity index (χ2v) is 4.00. The molecule has 2 rings (SSSR count). The Kier molecular flexibility index (Phi) is 5.19. The second-order valence-electron chi connectivity index (χ2n) is 4.00. The number of nitrogens with two attached hydrogens (primary N) is 1. The first kappa shape index (κ1) is 13.4. The van der Waals surface area contributed by atoms with Gasteiger partial charge in [0.1, 0.15) is 5.82 Å². The molecule has 2 nitrogen and oxygen atoms in total. The molecule has 1 aliphatic heterocycles. The highest BCUT2D eigenvalue weighted by atomic mass is 35.5. The highest BCUT2D eigenvalue weighted by Gasteiger charge is 2.23. The third kappa shape index (κ3) is 2.94. The molecule has 1 aliphatic rings. The number of rotatable bonds is 2. The maximum absolute atomic E-state index is 13.5. The Labute approximate surface area is 101 Å². The zero-order chi connectivity index (χ0) is 10.7. The van der Waals surface area contributed by atoms with E-state index in [1.54, 1.807) is 12.1 Å². The average molecular weight is 246 g/mol. The van der Waals surface area contributed by atoms with Crippen molar-refractivity contribution in [3.05, 3.63) is 35.6 Å². The lowest BCUT2D eigenvalue weighted by Gasteiger charge is -2.28. The van der Waals surface area contributed by atoms with Crippen LogP contribution in [0.3, 0.4) is 0 Å². The molecule has 0 amide bonds. The molecule has 1 aromatic carbocycles. The number of hydrogen-bond donors (Lipinski definition) is 1. The summed E-state index contributed by atoms with van der Waals surface area (Å²) in [7, 11) is 0. The van der Waals surface area contributed by atoms with Gasteiger partial charge in [-0.25, -0.2) is 4.39 Å². The van der Waals surface area contributed by atoms with Gasteiger partial charge in [0, 0.05) is 24.8 Å². The van der Waals surface area contributed by atoms with Gasteiger partial charge >= 0.3 is 0 Å². The Morgan fingerprint density at radius 2 is 1.88 bits per heavy atom. The van der Waals surface area contributed by atoms with Crippen molar-refractivity contribution >= 4 is 12.4 Å². The number of ether oxygens (including phenoxy) is 1. The Bertz CT molecular complexity index is 329. The quantitative estimate of drug-likeness (QED) is 0.870. The van der Waals surface area contributed by atoms with Gasteiger partial charge in [0.2, 0.25) is 0 Å². The van der Waals surface area contributed by atoms with E-state index in [9.17, 15) is 4.39 Å². The van der Waals surface area contributed by atoms with Gasteiger partial charge in [-0.3, -0.25) is 0 Å². The van der Waals surface area contributed by atoms with E-state index in [-0.39, 0.29) is 24.3 Å². The maximum Gasteiger partial charge on any atom is 0.127 e. The van der Waals surface area contributed by atoms with Gasteiger partial charge in [0.25, 0.3) is 0 Å². The minimum atomic E-state index is -0.199. The van der Waals surface area contributed by atoms with E-state index in [1.807, 2.05) is 6.07 Å². The Balaban J connectivity index is 0.00000128. The molecule has 1 aromatic rings. The first-order valence-electron chi connectivity index (χ1n) is 5.37. The topological polar surface area (TPSA) is 35.2 Å². The van der Waals surface area contributed by atoms with Crippen LogP contribution in [-0.2, 0) is 4.74 Å². The van der Waals surface area contributed by atoms with Gasteiger partial charge in [0.15, 0.2) is 0 Å². The molecule has 16 heavy (non-hydrogen) atoms. The minimum absolute atomic E-state index is 0. The van der Waals surface area contributed by atoms with E-state index in [0.29, 0.717) is 11.5 Å². The summed E-state index contributed by atoms with van der Waals surface area (Å²) in [4.78, 5) is 0. The zero-order valence-corrected chi connectivity index (χ0v) is 9.88. The fourth-order valence-corrected chi connectivity index (χ4v) is 2.07. The van der Waals surface area contributed by atoms with Crippen LogP contribution in [-0.4, -0.2) is 13.2 Å². The maximum atomic E-state index is 13.5. The minimum Gasteiger partial charge on any atom is -0.381 e. The number of halogens is 2. The van der Waals surface area contributed by atoms with Crippen LogP contribution in [0.1, 0.15) is 24.4 Å². The summed E-state index contributed by atoms with van der Waals surface area (Å²) < 4.78 is 18.8. The zero-order valence-electron chi connectivity index (χ0n) is 9.06. The van der Waals surface area contributed by atoms with E-state index in [0.717, 1.165) is 26.1 Å². The molecule has 1 saturated heterocycles. The summed E-state index contributed by atoms with van der Waals surface area (Å²) in [5, 5.41) is 0. The first-order chi connectivity index (χ1) is 7.29. The van der Waals surface area contributed by atoms with Crippen LogP contribution < -0.4 is 5.73 Å². The third-order valence-electron chi connectivity index (χ3n) is 3.04. The smallest absolute Gasteiger partial charge is 0.127 e. The van der Waals surface area contributed by atoms with E-state index >= 15 is 0 Å². The Hall–Kier alpha value is -0.640. The van der Waals surface area contributed by atoms with E-state index in [2.05, 4.69) is 0 Å². The van der Waals surface area contributed by atoms with Crippen molar-refractivity contribution in [3.63, 3.8) is 0 Å². The van der Waals surface area contributed by atoms with Crippen LogP contribution in [0, 0.1) is 11.7 Å². The lowest BCUT2D eigenvalue weighted by Crippen LogP contribution is -2.28. The summed E-state index contributed by atoms with van der Waals surface area (Å²) in [5.41, 5.74) is 6.70. The second kappa shape index (κ2) is 6.18. The summed E-state index contributed by atoms with van der Waals surface area (Å²) >= 11 is 0. The van der Waals surface area contributed by atoms with Crippen molar-refractivity contribution < 1.29 is 9.13 Å². The molecule has 1 heterocycles. The monoisotopic (exact) mass is 245 g/mol. The van der Waals surface area contributed by atoms with Crippen molar-refractivity contribution in [1.29, 1.82) is 0 Å². The molecule has 0 unspecified atom stereocenters. The fourth-order valence-electron chi connectivity index (χ4n) is 2.07. The molecule has 0 bridgehead atoms. The van der Waals surface area contributed by atoms with Crippen molar-refractivity contribution in [1.82, 2.24) is 0 Å². The summed E-state index contributed by atoms with van der Waals surface area (Å²) in [6.45, 7) is 1.49. The van der Waals surface area contributed by atoms with Gasteiger partial charge < -0.3 is 10.5 Å². The average Bonchev–Trinajstić information content (AvgIpc) is 2.30. The molecule has 0 aliphatic carbocycles. The SMILES string of the molecule is Cl.N[C@H](c1ccccc1F)C1CCOCC1. The predicted molar refractivity (Wildman–Crippen MR) is 64.1 cm³/mol. The molecular formula is C12H17ClFNO.